The molecular weight excluding hydrogens is 394 g/mol. The number of benzene rings is 1. The van der Waals surface area contributed by atoms with Crippen LogP contribution < -0.4 is 10.6 Å². The summed E-state index contributed by atoms with van der Waals surface area (Å²) in [6.07, 6.45) is 3.00. The maximum atomic E-state index is 13.4. The summed E-state index contributed by atoms with van der Waals surface area (Å²) in [7, 11) is 1.77. The van der Waals surface area contributed by atoms with Gasteiger partial charge in [0.25, 0.3) is 11.8 Å². The Balaban J connectivity index is 1.52. The van der Waals surface area contributed by atoms with Gasteiger partial charge in [0.15, 0.2) is 0 Å². The molecule has 1 saturated heterocycles. The molecule has 2 amide bonds. The molecular formula is C23H29N5O3. The molecule has 2 atom stereocenters. The first kappa shape index (κ1) is 21.1. The number of rotatable bonds is 7. The number of nitrogens with zero attached hydrogens (tertiary/aromatic N) is 3. The Morgan fingerprint density at radius 2 is 2.06 bits per heavy atom. The molecule has 1 fully saturated rings. The fourth-order valence-corrected chi connectivity index (χ4v) is 4.24. The smallest absolute Gasteiger partial charge is 0.269 e. The van der Waals surface area contributed by atoms with Crippen molar-refractivity contribution in [3.05, 3.63) is 53.5 Å². The summed E-state index contributed by atoms with van der Waals surface area (Å²) in [5.41, 5.74) is 2.67. The van der Waals surface area contributed by atoms with Crippen molar-refractivity contribution in [2.24, 2.45) is 7.05 Å². The molecule has 164 valence electrons. The first-order valence-corrected chi connectivity index (χ1v) is 10.8. The number of likely N-dealkylation sites (tertiary alicyclic amines) is 1. The Labute approximate surface area is 181 Å². The van der Waals surface area contributed by atoms with Gasteiger partial charge in [-0.1, -0.05) is 32.0 Å². The zero-order valence-corrected chi connectivity index (χ0v) is 18.2. The predicted molar refractivity (Wildman–Crippen MR) is 118 cm³/mol. The molecule has 8 nitrogen and oxygen atoms in total. The minimum absolute atomic E-state index is 0.0100. The van der Waals surface area contributed by atoms with E-state index in [1.54, 1.807) is 11.7 Å². The summed E-state index contributed by atoms with van der Waals surface area (Å²) in [5.74, 6) is -0.233. The van der Waals surface area contributed by atoms with Crippen LogP contribution in [0.15, 0.2) is 41.0 Å². The molecule has 0 bridgehead atoms. The van der Waals surface area contributed by atoms with E-state index in [4.69, 9.17) is 4.42 Å². The zero-order valence-electron chi connectivity index (χ0n) is 18.2. The largest absolute Gasteiger partial charge is 0.463 e. The van der Waals surface area contributed by atoms with Crippen LogP contribution in [0.5, 0.6) is 0 Å². The van der Waals surface area contributed by atoms with Crippen LogP contribution in [-0.2, 0) is 13.5 Å². The third-order valence-electron chi connectivity index (χ3n) is 5.88. The first-order valence-electron chi connectivity index (χ1n) is 10.8. The van der Waals surface area contributed by atoms with Gasteiger partial charge >= 0.3 is 0 Å². The highest BCUT2D eigenvalue weighted by atomic mass is 16.3. The maximum Gasteiger partial charge on any atom is 0.269 e. The van der Waals surface area contributed by atoms with Crippen LogP contribution in [0, 0.1) is 0 Å². The van der Waals surface area contributed by atoms with E-state index in [0.29, 0.717) is 36.4 Å². The minimum Gasteiger partial charge on any atom is -0.463 e. The number of hydrogen-bond donors (Lipinski definition) is 2. The molecule has 1 aliphatic heterocycles. The number of carbonyl (C=O) groups excluding carboxylic acids is 2. The van der Waals surface area contributed by atoms with Crippen molar-refractivity contribution in [2.75, 3.05) is 19.6 Å². The van der Waals surface area contributed by atoms with Crippen LogP contribution in [-0.4, -0.2) is 58.2 Å². The number of amides is 2. The Kier molecular flexibility index (Phi) is 6.08. The van der Waals surface area contributed by atoms with Crippen LogP contribution in [0.2, 0.25) is 0 Å². The van der Waals surface area contributed by atoms with E-state index >= 15 is 0 Å². The number of fused-ring (bicyclic) bond motifs is 1. The van der Waals surface area contributed by atoms with Crippen LogP contribution in [0.25, 0.3) is 11.0 Å². The van der Waals surface area contributed by atoms with Crippen molar-refractivity contribution in [2.45, 2.75) is 38.8 Å². The quantitative estimate of drug-likeness (QED) is 0.609. The van der Waals surface area contributed by atoms with Gasteiger partial charge in [-0.2, -0.15) is 5.10 Å². The van der Waals surface area contributed by atoms with E-state index < -0.39 is 0 Å². The third kappa shape index (κ3) is 4.20. The Morgan fingerprint density at radius 3 is 2.81 bits per heavy atom. The lowest BCUT2D eigenvalue weighted by molar-refractivity contribution is 0.0730. The van der Waals surface area contributed by atoms with E-state index in [1.807, 2.05) is 49.1 Å². The van der Waals surface area contributed by atoms with Gasteiger partial charge in [-0.05, 0) is 31.5 Å². The lowest BCUT2D eigenvalue weighted by atomic mass is 10.1. The van der Waals surface area contributed by atoms with E-state index in [9.17, 15) is 9.59 Å². The van der Waals surface area contributed by atoms with E-state index in [2.05, 4.69) is 15.7 Å². The minimum atomic E-state index is -0.162. The van der Waals surface area contributed by atoms with Crippen LogP contribution >= 0.6 is 0 Å². The Bertz CT molecular complexity index is 1090. The molecule has 1 aliphatic rings. The maximum absolute atomic E-state index is 13.4. The highest BCUT2D eigenvalue weighted by Gasteiger charge is 2.37. The Hall–Kier alpha value is -3.13. The number of aromatic nitrogens is 2. The van der Waals surface area contributed by atoms with Crippen molar-refractivity contribution in [3.63, 3.8) is 0 Å². The van der Waals surface area contributed by atoms with Crippen LogP contribution in [0.4, 0.5) is 0 Å². The second-order valence-corrected chi connectivity index (χ2v) is 7.97. The average molecular weight is 424 g/mol. The first-order chi connectivity index (χ1) is 15.0. The standard InChI is InChI=1S/C23H29N5O3/c1-4-15-11-20(27(3)26-15)22(29)25-16-10-17(12-24-5-2)28(13-16)23(30)19-14-31-21-9-7-6-8-18(19)21/h6-9,11,14,16-17,24H,4-5,10,12-13H2,1-3H3,(H,25,29)/t16-,17+/m1/s1. The molecule has 3 heterocycles. The number of furan rings is 1. The SMILES string of the molecule is CCNC[C@@H]1C[C@@H](NC(=O)c2cc(CC)nn2C)CN1C(=O)c1coc2ccccc12. The third-order valence-corrected chi connectivity index (χ3v) is 5.88. The van der Waals surface area contributed by atoms with Gasteiger partial charge in [0.05, 0.1) is 11.3 Å². The second-order valence-electron chi connectivity index (χ2n) is 7.97. The summed E-state index contributed by atoms with van der Waals surface area (Å²) in [5, 5.41) is 11.6. The van der Waals surface area contributed by atoms with Gasteiger partial charge in [0, 0.05) is 37.6 Å². The lowest BCUT2D eigenvalue weighted by Gasteiger charge is -2.24. The van der Waals surface area contributed by atoms with Gasteiger partial charge in [-0.3, -0.25) is 14.3 Å². The number of likely N-dealkylation sites (N-methyl/N-ethyl adjacent to an activating group) is 1. The molecule has 0 spiro atoms. The lowest BCUT2D eigenvalue weighted by Crippen LogP contribution is -2.42. The molecule has 3 aromatic rings. The molecule has 2 N–H and O–H groups in total. The number of aryl methyl sites for hydroxylation is 2. The van der Waals surface area contributed by atoms with Crippen molar-refractivity contribution in [3.8, 4) is 0 Å². The monoisotopic (exact) mass is 423 g/mol. The summed E-state index contributed by atoms with van der Waals surface area (Å²) >= 11 is 0. The number of para-hydroxylation sites is 1. The van der Waals surface area contributed by atoms with Crippen molar-refractivity contribution >= 4 is 22.8 Å². The zero-order chi connectivity index (χ0) is 22.0. The summed E-state index contributed by atoms with van der Waals surface area (Å²) in [6.45, 7) is 6.00. The molecule has 2 aromatic heterocycles. The fourth-order valence-electron chi connectivity index (χ4n) is 4.24. The van der Waals surface area contributed by atoms with E-state index in [0.717, 1.165) is 24.0 Å². The summed E-state index contributed by atoms with van der Waals surface area (Å²) in [4.78, 5) is 28.1. The second kappa shape index (κ2) is 8.93. The van der Waals surface area contributed by atoms with Crippen LogP contribution in [0.3, 0.4) is 0 Å². The Morgan fingerprint density at radius 1 is 1.26 bits per heavy atom. The molecule has 0 radical (unpaired) electrons. The number of nitrogens with one attached hydrogen (secondary N) is 2. The average Bonchev–Trinajstić information content (AvgIpc) is 3.48. The van der Waals surface area contributed by atoms with Gasteiger partial charge < -0.3 is 20.0 Å². The summed E-state index contributed by atoms with van der Waals surface area (Å²) < 4.78 is 7.19. The molecule has 0 aliphatic carbocycles. The van der Waals surface area contributed by atoms with Gasteiger partial charge in [0.2, 0.25) is 0 Å². The van der Waals surface area contributed by atoms with E-state index in [-0.39, 0.29) is 23.9 Å². The molecule has 8 heteroatoms. The molecule has 31 heavy (non-hydrogen) atoms. The van der Waals surface area contributed by atoms with Crippen LogP contribution in [0.1, 0.15) is 46.8 Å². The predicted octanol–water partition coefficient (Wildman–Crippen LogP) is 2.35. The van der Waals surface area contributed by atoms with Gasteiger partial charge in [-0.15, -0.1) is 0 Å². The molecule has 0 saturated carbocycles. The highest BCUT2D eigenvalue weighted by Crippen LogP contribution is 2.26. The topological polar surface area (TPSA) is 92.4 Å². The van der Waals surface area contributed by atoms with Gasteiger partial charge in [0.1, 0.15) is 17.5 Å². The normalized spacial score (nSPS) is 18.6. The molecule has 0 unspecified atom stereocenters. The number of carbonyl (C=O) groups is 2. The van der Waals surface area contributed by atoms with Crippen molar-refractivity contribution < 1.29 is 14.0 Å². The number of hydrogen-bond acceptors (Lipinski definition) is 5. The molecule has 4 rings (SSSR count). The van der Waals surface area contributed by atoms with Gasteiger partial charge in [-0.25, -0.2) is 0 Å². The summed E-state index contributed by atoms with van der Waals surface area (Å²) in [6, 6.07) is 9.22. The fraction of sp³-hybridized carbons (Fsp3) is 0.435. The molecule has 1 aromatic carbocycles. The van der Waals surface area contributed by atoms with Crippen molar-refractivity contribution in [1.82, 2.24) is 25.3 Å². The van der Waals surface area contributed by atoms with E-state index in [1.165, 1.54) is 6.26 Å². The van der Waals surface area contributed by atoms with Crippen molar-refractivity contribution in [1.29, 1.82) is 0 Å². The highest BCUT2D eigenvalue weighted by molar-refractivity contribution is 6.06.